The first kappa shape index (κ1) is 14.0. The van der Waals surface area contributed by atoms with Gasteiger partial charge in [0.05, 0.1) is 4.90 Å². The van der Waals surface area contributed by atoms with Crippen LogP contribution in [0.5, 0.6) is 0 Å². The third kappa shape index (κ3) is 3.30. The Balaban J connectivity index is 2.25. The maximum Gasteiger partial charge on any atom is 0.328 e. The van der Waals surface area contributed by atoms with Gasteiger partial charge in [-0.05, 0) is 37.5 Å². The highest BCUT2D eigenvalue weighted by Gasteiger charge is 2.27. The molecule has 104 valence electrons. The lowest BCUT2D eigenvalue weighted by Crippen LogP contribution is -2.40. The second-order valence-corrected chi connectivity index (χ2v) is 6.56. The Bertz CT molecular complexity index is 626. The lowest BCUT2D eigenvalue weighted by atomic mass is 10.2. The summed E-state index contributed by atoms with van der Waals surface area (Å²) in [4.78, 5) is 11.4. The molecule has 1 fully saturated rings. The predicted molar refractivity (Wildman–Crippen MR) is 72.5 cm³/mol. The molecular weight excluding hydrogens is 290 g/mol. The van der Waals surface area contributed by atoms with Crippen LogP contribution in [0.15, 0.2) is 17.0 Å². The zero-order valence-corrected chi connectivity index (χ0v) is 11.8. The molecule has 1 aliphatic carbocycles. The number of urea groups is 1. The molecule has 2 amide bonds. The zero-order chi connectivity index (χ0) is 14.2. The number of hydrogen-bond donors (Lipinski definition) is 3. The lowest BCUT2D eigenvalue weighted by molar-refractivity contribution is 0.245. The summed E-state index contributed by atoms with van der Waals surface area (Å²) >= 11 is 5.79. The number of nitrogens with one attached hydrogen (secondary N) is 2. The van der Waals surface area contributed by atoms with Gasteiger partial charge in [-0.1, -0.05) is 11.6 Å². The van der Waals surface area contributed by atoms with Crippen molar-refractivity contribution < 1.29 is 13.2 Å². The number of amides is 2. The lowest BCUT2D eigenvalue weighted by Gasteiger charge is -2.12. The van der Waals surface area contributed by atoms with Crippen LogP contribution < -0.4 is 15.8 Å². The minimum absolute atomic E-state index is 0.0701. The first-order chi connectivity index (χ1) is 8.79. The van der Waals surface area contributed by atoms with Crippen molar-refractivity contribution in [3.05, 3.63) is 22.7 Å². The van der Waals surface area contributed by atoms with Gasteiger partial charge < -0.3 is 11.1 Å². The van der Waals surface area contributed by atoms with Gasteiger partial charge in [-0.3, -0.25) is 0 Å². The number of rotatable bonds is 3. The second-order valence-electron chi connectivity index (χ2n) is 4.47. The maximum absolute atomic E-state index is 12.1. The van der Waals surface area contributed by atoms with Crippen LogP contribution in [0, 0.1) is 6.92 Å². The van der Waals surface area contributed by atoms with Crippen molar-refractivity contribution in [1.82, 2.24) is 10.0 Å². The van der Waals surface area contributed by atoms with E-state index in [1.54, 1.807) is 6.92 Å². The third-order valence-corrected chi connectivity index (χ3v) is 4.47. The summed E-state index contributed by atoms with van der Waals surface area (Å²) in [6.45, 7) is 1.55. The van der Waals surface area contributed by atoms with Gasteiger partial charge in [0.15, 0.2) is 0 Å². The topological polar surface area (TPSA) is 101 Å². The molecule has 19 heavy (non-hydrogen) atoms. The van der Waals surface area contributed by atoms with Crippen molar-refractivity contribution in [2.75, 3.05) is 5.73 Å². The van der Waals surface area contributed by atoms with E-state index in [-0.39, 0.29) is 21.6 Å². The van der Waals surface area contributed by atoms with Crippen LogP contribution in [-0.2, 0) is 10.0 Å². The molecule has 4 N–H and O–H groups in total. The van der Waals surface area contributed by atoms with Crippen LogP contribution in [0.25, 0.3) is 0 Å². The molecule has 0 spiro atoms. The molecular formula is C11H14ClN3O3S. The normalized spacial score (nSPS) is 15.1. The number of hydrogen-bond acceptors (Lipinski definition) is 4. The Hall–Kier alpha value is -1.47. The second kappa shape index (κ2) is 4.90. The van der Waals surface area contributed by atoms with Crippen LogP contribution in [0.2, 0.25) is 5.02 Å². The van der Waals surface area contributed by atoms with Crippen LogP contribution in [0.1, 0.15) is 18.4 Å². The van der Waals surface area contributed by atoms with Crippen molar-refractivity contribution in [2.45, 2.75) is 30.7 Å². The average molecular weight is 304 g/mol. The van der Waals surface area contributed by atoms with E-state index in [0.29, 0.717) is 5.56 Å². The molecule has 0 saturated heterocycles. The van der Waals surface area contributed by atoms with Crippen LogP contribution in [0.4, 0.5) is 10.5 Å². The summed E-state index contributed by atoms with van der Waals surface area (Å²) in [6, 6.07) is 2.06. The van der Waals surface area contributed by atoms with Gasteiger partial charge in [0.25, 0.3) is 10.0 Å². The molecule has 0 atom stereocenters. The standard InChI is InChI=1S/C11H14ClN3O3S/c1-6-9(13)4-7(12)5-10(6)19(17,18)15-11(16)14-8-2-3-8/h4-5,8H,2-3,13H2,1H3,(H2,14,15,16). The fourth-order valence-corrected chi connectivity index (χ4v) is 3.08. The molecule has 1 aromatic carbocycles. The minimum atomic E-state index is -3.98. The predicted octanol–water partition coefficient (Wildman–Crippen LogP) is 1.38. The van der Waals surface area contributed by atoms with Crippen LogP contribution in [0.3, 0.4) is 0 Å². The van der Waals surface area contributed by atoms with Gasteiger partial charge in [0, 0.05) is 16.8 Å². The Labute approximate surface area is 116 Å². The fraction of sp³-hybridized carbons (Fsp3) is 0.364. The molecule has 0 aliphatic heterocycles. The maximum atomic E-state index is 12.1. The van der Waals surface area contributed by atoms with E-state index in [1.807, 2.05) is 4.72 Å². The first-order valence-electron chi connectivity index (χ1n) is 5.68. The van der Waals surface area contributed by atoms with Gasteiger partial charge in [0.2, 0.25) is 0 Å². The minimum Gasteiger partial charge on any atom is -0.398 e. The quantitative estimate of drug-likeness (QED) is 0.734. The average Bonchev–Trinajstić information content (AvgIpc) is 3.05. The molecule has 1 aromatic rings. The largest absolute Gasteiger partial charge is 0.398 e. The van der Waals surface area contributed by atoms with Crippen molar-refractivity contribution in [3.8, 4) is 0 Å². The Morgan fingerprint density at radius 3 is 2.63 bits per heavy atom. The van der Waals surface area contributed by atoms with E-state index in [1.165, 1.54) is 12.1 Å². The van der Waals surface area contributed by atoms with E-state index in [2.05, 4.69) is 5.32 Å². The molecule has 6 nitrogen and oxygen atoms in total. The summed E-state index contributed by atoms with van der Waals surface area (Å²) in [5, 5.41) is 2.74. The smallest absolute Gasteiger partial charge is 0.328 e. The molecule has 8 heteroatoms. The monoisotopic (exact) mass is 303 g/mol. The molecule has 1 aliphatic rings. The number of benzene rings is 1. The van der Waals surface area contributed by atoms with Gasteiger partial charge in [0.1, 0.15) is 0 Å². The molecule has 0 radical (unpaired) electrons. The Kier molecular flexibility index (Phi) is 3.60. The number of anilines is 1. The molecule has 0 unspecified atom stereocenters. The molecule has 0 heterocycles. The van der Waals surface area contributed by atoms with Crippen molar-refractivity contribution in [3.63, 3.8) is 0 Å². The highest BCUT2D eigenvalue weighted by molar-refractivity contribution is 7.90. The summed E-state index contributed by atoms with van der Waals surface area (Å²) in [7, 11) is -3.98. The van der Waals surface area contributed by atoms with E-state index < -0.39 is 16.1 Å². The zero-order valence-electron chi connectivity index (χ0n) is 10.2. The van der Waals surface area contributed by atoms with Gasteiger partial charge >= 0.3 is 6.03 Å². The van der Waals surface area contributed by atoms with Crippen molar-refractivity contribution in [2.24, 2.45) is 0 Å². The van der Waals surface area contributed by atoms with E-state index in [0.717, 1.165) is 12.8 Å². The van der Waals surface area contributed by atoms with E-state index in [4.69, 9.17) is 17.3 Å². The summed E-state index contributed by atoms with van der Waals surface area (Å²) in [6.07, 6.45) is 1.74. The number of nitrogen functional groups attached to an aromatic ring is 1. The molecule has 2 rings (SSSR count). The molecule has 1 saturated carbocycles. The third-order valence-electron chi connectivity index (χ3n) is 2.79. The van der Waals surface area contributed by atoms with Crippen molar-refractivity contribution >= 4 is 33.3 Å². The Morgan fingerprint density at radius 2 is 2.05 bits per heavy atom. The summed E-state index contributed by atoms with van der Waals surface area (Å²) in [5.74, 6) is 0. The summed E-state index contributed by atoms with van der Waals surface area (Å²) < 4.78 is 26.1. The van der Waals surface area contributed by atoms with E-state index >= 15 is 0 Å². The van der Waals surface area contributed by atoms with Crippen LogP contribution >= 0.6 is 11.6 Å². The number of sulfonamides is 1. The number of carbonyl (C=O) groups excluding carboxylic acids is 1. The Morgan fingerprint density at radius 1 is 1.42 bits per heavy atom. The van der Waals surface area contributed by atoms with Gasteiger partial charge in [-0.2, -0.15) is 0 Å². The van der Waals surface area contributed by atoms with Gasteiger partial charge in [-0.15, -0.1) is 0 Å². The van der Waals surface area contributed by atoms with Crippen LogP contribution in [-0.4, -0.2) is 20.5 Å². The van der Waals surface area contributed by atoms with Crippen molar-refractivity contribution in [1.29, 1.82) is 0 Å². The number of nitrogens with two attached hydrogens (primary N) is 1. The molecule has 0 aromatic heterocycles. The summed E-state index contributed by atoms with van der Waals surface area (Å²) in [5.41, 5.74) is 6.28. The number of carbonyl (C=O) groups is 1. The fourth-order valence-electron chi connectivity index (χ4n) is 1.57. The molecule has 0 bridgehead atoms. The van der Waals surface area contributed by atoms with Gasteiger partial charge in [-0.25, -0.2) is 17.9 Å². The number of halogens is 1. The highest BCUT2D eigenvalue weighted by atomic mass is 35.5. The first-order valence-corrected chi connectivity index (χ1v) is 7.54. The SMILES string of the molecule is Cc1c(N)cc(Cl)cc1S(=O)(=O)NC(=O)NC1CC1. The van der Waals surface area contributed by atoms with E-state index in [9.17, 15) is 13.2 Å². The highest BCUT2D eigenvalue weighted by Crippen LogP contribution is 2.26.